The number of aromatic nitrogens is 1. The first-order valence-electron chi connectivity index (χ1n) is 6.11. The molecule has 5 nitrogen and oxygen atoms in total. The Kier molecular flexibility index (Phi) is 4.32. The van der Waals surface area contributed by atoms with E-state index in [0.717, 1.165) is 23.5 Å². The van der Waals surface area contributed by atoms with Gasteiger partial charge < -0.3 is 9.84 Å². The van der Waals surface area contributed by atoms with E-state index in [1.807, 2.05) is 0 Å². The maximum Gasteiger partial charge on any atom is 0.358 e. The molecule has 0 fully saturated rings. The zero-order chi connectivity index (χ0) is 15.6. The first-order valence-corrected chi connectivity index (χ1v) is 6.92. The lowest BCUT2D eigenvalue weighted by Gasteiger charge is -1.99. The van der Waals surface area contributed by atoms with Gasteiger partial charge in [0.25, 0.3) is 0 Å². The lowest BCUT2D eigenvalue weighted by Crippen LogP contribution is -2.09. The second kappa shape index (κ2) is 6.01. The van der Waals surface area contributed by atoms with Crippen LogP contribution in [-0.2, 0) is 4.74 Å². The molecular formula is C14H12FNO4S. The van der Waals surface area contributed by atoms with Gasteiger partial charge in [0.15, 0.2) is 11.5 Å². The van der Waals surface area contributed by atoms with E-state index in [1.165, 1.54) is 13.0 Å². The lowest BCUT2D eigenvalue weighted by molar-refractivity contribution is 0.0517. The maximum absolute atomic E-state index is 13.3. The lowest BCUT2D eigenvalue weighted by atomic mass is 10.2. The van der Waals surface area contributed by atoms with E-state index >= 15 is 0 Å². The zero-order valence-corrected chi connectivity index (χ0v) is 12.2. The maximum atomic E-state index is 13.3. The summed E-state index contributed by atoms with van der Waals surface area (Å²) < 4.78 is 18.2. The summed E-state index contributed by atoms with van der Waals surface area (Å²) in [5, 5.41) is 9.67. The Morgan fingerprint density at radius 2 is 2.10 bits per heavy atom. The topological polar surface area (TPSA) is 76.5 Å². The van der Waals surface area contributed by atoms with E-state index < -0.39 is 11.8 Å². The molecule has 0 spiro atoms. The first-order chi connectivity index (χ1) is 9.92. The van der Waals surface area contributed by atoms with Crippen molar-refractivity contribution in [2.75, 3.05) is 6.61 Å². The molecule has 1 heterocycles. The molecule has 0 aliphatic carbocycles. The van der Waals surface area contributed by atoms with Crippen LogP contribution in [0.15, 0.2) is 18.2 Å². The van der Waals surface area contributed by atoms with Crippen LogP contribution in [0.25, 0.3) is 10.6 Å². The van der Waals surface area contributed by atoms with Gasteiger partial charge in [-0.3, -0.25) is 4.79 Å². The summed E-state index contributed by atoms with van der Waals surface area (Å²) in [5.41, 5.74) is 0.198. The normalized spacial score (nSPS) is 10.4. The van der Waals surface area contributed by atoms with Gasteiger partial charge in [-0.1, -0.05) is 0 Å². The highest BCUT2D eigenvalue weighted by atomic mass is 32.1. The van der Waals surface area contributed by atoms with Crippen LogP contribution in [0.5, 0.6) is 5.75 Å². The number of hydrogen-bond donors (Lipinski definition) is 1. The van der Waals surface area contributed by atoms with Gasteiger partial charge in [-0.15, -0.1) is 11.3 Å². The van der Waals surface area contributed by atoms with Crippen molar-refractivity contribution in [1.29, 1.82) is 0 Å². The molecule has 1 aromatic heterocycles. The fourth-order valence-electron chi connectivity index (χ4n) is 1.72. The number of phenolic OH excluding ortho intramolecular Hbond substituents is 1. The second-order valence-corrected chi connectivity index (χ2v) is 5.17. The smallest absolute Gasteiger partial charge is 0.358 e. The molecule has 21 heavy (non-hydrogen) atoms. The van der Waals surface area contributed by atoms with Crippen LogP contribution in [0.4, 0.5) is 4.39 Å². The molecule has 1 aromatic carbocycles. The summed E-state index contributed by atoms with van der Waals surface area (Å²) in [4.78, 5) is 27.6. The first kappa shape index (κ1) is 15.1. The average Bonchev–Trinajstić information content (AvgIpc) is 2.83. The summed E-state index contributed by atoms with van der Waals surface area (Å²) in [5.74, 6) is -1.93. The van der Waals surface area contributed by atoms with Crippen LogP contribution in [-0.4, -0.2) is 28.4 Å². The van der Waals surface area contributed by atoms with Crippen molar-refractivity contribution >= 4 is 23.1 Å². The predicted molar refractivity (Wildman–Crippen MR) is 75.1 cm³/mol. The Bertz CT molecular complexity index is 691. The third-order valence-corrected chi connectivity index (χ3v) is 3.75. The molecule has 0 unspecified atom stereocenters. The molecule has 0 radical (unpaired) electrons. The number of phenols is 1. The molecule has 2 aromatic rings. The molecule has 1 N–H and O–H groups in total. The number of carbonyl (C=O) groups excluding carboxylic acids is 2. The highest BCUT2D eigenvalue weighted by molar-refractivity contribution is 7.17. The fourth-order valence-corrected chi connectivity index (χ4v) is 2.65. The van der Waals surface area contributed by atoms with Crippen molar-refractivity contribution < 1.29 is 23.8 Å². The molecule has 0 atom stereocenters. The van der Waals surface area contributed by atoms with Crippen LogP contribution >= 0.6 is 11.3 Å². The van der Waals surface area contributed by atoms with E-state index in [0.29, 0.717) is 0 Å². The number of benzene rings is 1. The number of ether oxygens (including phenoxy) is 1. The van der Waals surface area contributed by atoms with Crippen molar-refractivity contribution in [3.8, 4) is 16.3 Å². The van der Waals surface area contributed by atoms with Crippen molar-refractivity contribution in [2.24, 2.45) is 0 Å². The van der Waals surface area contributed by atoms with Gasteiger partial charge in [-0.2, -0.15) is 0 Å². The number of nitrogens with zero attached hydrogens (tertiary/aromatic N) is 1. The van der Waals surface area contributed by atoms with Crippen LogP contribution in [0.3, 0.4) is 0 Å². The largest absolute Gasteiger partial charge is 0.508 e. The predicted octanol–water partition coefficient (Wildman–Crippen LogP) is 3.03. The summed E-state index contributed by atoms with van der Waals surface area (Å²) in [6.07, 6.45) is 0. The number of esters is 1. The van der Waals surface area contributed by atoms with Gasteiger partial charge in [-0.25, -0.2) is 14.2 Å². The Labute approximate surface area is 124 Å². The van der Waals surface area contributed by atoms with E-state index in [1.54, 1.807) is 6.92 Å². The van der Waals surface area contributed by atoms with Crippen LogP contribution in [0, 0.1) is 5.82 Å². The average molecular weight is 309 g/mol. The Hall–Kier alpha value is -2.28. The van der Waals surface area contributed by atoms with Gasteiger partial charge in [0.05, 0.1) is 6.61 Å². The zero-order valence-electron chi connectivity index (χ0n) is 11.3. The molecular weight excluding hydrogens is 297 g/mol. The van der Waals surface area contributed by atoms with Crippen LogP contribution < -0.4 is 0 Å². The molecule has 2 rings (SSSR count). The Balaban J connectivity index is 2.53. The van der Waals surface area contributed by atoms with E-state index in [2.05, 4.69) is 4.98 Å². The summed E-state index contributed by atoms with van der Waals surface area (Å²) in [6, 6.07) is 3.42. The molecule has 0 aliphatic rings. The number of Topliss-reactive ketones (excluding diaryl/α,β-unsaturated/α-hetero) is 1. The van der Waals surface area contributed by atoms with Gasteiger partial charge in [0, 0.05) is 18.6 Å². The fraction of sp³-hybridized carbons (Fsp3) is 0.214. The number of rotatable bonds is 4. The highest BCUT2D eigenvalue weighted by Gasteiger charge is 2.23. The van der Waals surface area contributed by atoms with Crippen molar-refractivity contribution in [2.45, 2.75) is 13.8 Å². The Morgan fingerprint density at radius 1 is 1.38 bits per heavy atom. The number of carbonyl (C=O) groups is 2. The number of hydrogen-bond acceptors (Lipinski definition) is 6. The van der Waals surface area contributed by atoms with Crippen molar-refractivity contribution in [3.63, 3.8) is 0 Å². The molecule has 0 saturated carbocycles. The number of ketones is 1. The molecule has 0 aliphatic heterocycles. The highest BCUT2D eigenvalue weighted by Crippen LogP contribution is 2.31. The molecule has 0 bridgehead atoms. The van der Waals surface area contributed by atoms with Gasteiger partial charge in [0.1, 0.15) is 21.5 Å². The van der Waals surface area contributed by atoms with Crippen LogP contribution in [0.1, 0.15) is 34.0 Å². The quantitative estimate of drug-likeness (QED) is 0.694. The minimum atomic E-state index is -0.703. The minimum Gasteiger partial charge on any atom is -0.508 e. The third-order valence-electron chi connectivity index (χ3n) is 2.55. The summed E-state index contributed by atoms with van der Waals surface area (Å²) in [6.45, 7) is 3.11. The second-order valence-electron chi connectivity index (χ2n) is 4.17. The van der Waals surface area contributed by atoms with Crippen molar-refractivity contribution in [3.05, 3.63) is 34.6 Å². The number of aromatic hydroxyl groups is 1. The SMILES string of the molecule is CCOC(=O)c1nc(-c2cc(O)cc(F)c2)sc1C(C)=O. The monoisotopic (exact) mass is 309 g/mol. The van der Waals surface area contributed by atoms with E-state index in [9.17, 15) is 19.1 Å². The molecule has 7 heteroatoms. The van der Waals surface area contributed by atoms with E-state index in [-0.39, 0.29) is 39.3 Å². The van der Waals surface area contributed by atoms with Crippen LogP contribution in [0.2, 0.25) is 0 Å². The standard InChI is InChI=1S/C14H12FNO4S/c1-3-20-14(19)11-12(7(2)17)21-13(16-11)8-4-9(15)6-10(18)5-8/h4-6,18H,3H2,1-2H3. The number of halogens is 1. The van der Waals surface area contributed by atoms with Gasteiger partial charge in [0.2, 0.25) is 0 Å². The number of thiazole rings is 1. The summed E-state index contributed by atoms with van der Waals surface area (Å²) in [7, 11) is 0. The van der Waals surface area contributed by atoms with Crippen molar-refractivity contribution in [1.82, 2.24) is 4.98 Å². The Morgan fingerprint density at radius 3 is 2.67 bits per heavy atom. The molecule has 0 saturated heterocycles. The van der Waals surface area contributed by atoms with Gasteiger partial charge >= 0.3 is 5.97 Å². The summed E-state index contributed by atoms with van der Waals surface area (Å²) >= 11 is 0.953. The third kappa shape index (κ3) is 3.25. The van der Waals surface area contributed by atoms with Gasteiger partial charge in [-0.05, 0) is 19.1 Å². The van der Waals surface area contributed by atoms with E-state index in [4.69, 9.17) is 4.74 Å². The molecule has 0 amide bonds. The minimum absolute atomic E-state index is 0.0897. The molecule has 110 valence electrons.